The lowest BCUT2D eigenvalue weighted by Gasteiger charge is -2.22. The Kier molecular flexibility index (Phi) is 7.05. The third-order valence-corrected chi connectivity index (χ3v) is 6.72. The molecule has 0 atom stereocenters. The molecule has 3 rings (SSSR count). The monoisotopic (exact) mass is 474 g/mol. The van der Waals surface area contributed by atoms with Crippen LogP contribution in [0.2, 0.25) is 0 Å². The standard InChI is InChI=1S/C24H27P.HI/c1-16-7-17(2)11-22(10-16)25(23-12-18(3)8-19(4)13-23)24-14-20(5)9-21(6)15-24;/h7-15H,1-6H3;1H. The molecule has 0 aliphatic rings. The van der Waals surface area contributed by atoms with Crippen LogP contribution in [0.25, 0.3) is 0 Å². The van der Waals surface area contributed by atoms with E-state index in [4.69, 9.17) is 0 Å². The van der Waals surface area contributed by atoms with Crippen molar-refractivity contribution in [3.63, 3.8) is 0 Å². The van der Waals surface area contributed by atoms with Gasteiger partial charge in [-0.15, -0.1) is 24.0 Å². The summed E-state index contributed by atoms with van der Waals surface area (Å²) in [6.07, 6.45) is 0. The molecule has 0 saturated heterocycles. The van der Waals surface area contributed by atoms with Gasteiger partial charge < -0.3 is 0 Å². The van der Waals surface area contributed by atoms with E-state index in [0.717, 1.165) is 0 Å². The summed E-state index contributed by atoms with van der Waals surface area (Å²) in [5.41, 5.74) is 8.06. The molecule has 0 aliphatic heterocycles. The topological polar surface area (TPSA) is 0 Å². The molecule has 0 amide bonds. The Morgan fingerprint density at radius 1 is 0.385 bits per heavy atom. The number of benzene rings is 3. The largest absolute Gasteiger partial charge is 0.107 e. The van der Waals surface area contributed by atoms with Crippen molar-refractivity contribution in [3.05, 3.63) is 88.0 Å². The molecule has 0 bridgehead atoms. The number of rotatable bonds is 3. The summed E-state index contributed by atoms with van der Waals surface area (Å²) in [7, 11) is -0.543. The zero-order valence-electron chi connectivity index (χ0n) is 16.6. The highest BCUT2D eigenvalue weighted by molar-refractivity contribution is 14.0. The van der Waals surface area contributed by atoms with Crippen molar-refractivity contribution in [3.8, 4) is 0 Å². The highest BCUT2D eigenvalue weighted by Gasteiger charge is 2.18. The van der Waals surface area contributed by atoms with Crippen molar-refractivity contribution in [1.29, 1.82) is 0 Å². The maximum Gasteiger partial charge on any atom is -0.0134 e. The van der Waals surface area contributed by atoms with Gasteiger partial charge in [0.25, 0.3) is 0 Å². The first-order valence-electron chi connectivity index (χ1n) is 8.87. The van der Waals surface area contributed by atoms with Crippen LogP contribution in [0.4, 0.5) is 0 Å². The van der Waals surface area contributed by atoms with Crippen LogP contribution in [0.1, 0.15) is 33.4 Å². The van der Waals surface area contributed by atoms with E-state index in [1.54, 1.807) is 0 Å². The second-order valence-electron chi connectivity index (χ2n) is 7.37. The van der Waals surface area contributed by atoms with Gasteiger partial charge in [0.2, 0.25) is 0 Å². The van der Waals surface area contributed by atoms with E-state index in [0.29, 0.717) is 0 Å². The van der Waals surface area contributed by atoms with Gasteiger partial charge in [-0.3, -0.25) is 0 Å². The first-order chi connectivity index (χ1) is 11.8. The van der Waals surface area contributed by atoms with Gasteiger partial charge in [0.1, 0.15) is 0 Å². The Balaban J connectivity index is 0.00000243. The Morgan fingerprint density at radius 3 is 0.769 bits per heavy atom. The van der Waals surface area contributed by atoms with Gasteiger partial charge in [0.15, 0.2) is 0 Å². The van der Waals surface area contributed by atoms with E-state index < -0.39 is 7.92 Å². The molecule has 26 heavy (non-hydrogen) atoms. The normalized spacial score (nSPS) is 10.7. The van der Waals surface area contributed by atoms with E-state index in [1.165, 1.54) is 49.3 Å². The van der Waals surface area contributed by atoms with Crippen LogP contribution < -0.4 is 15.9 Å². The van der Waals surface area contributed by atoms with Crippen molar-refractivity contribution in [2.75, 3.05) is 0 Å². The van der Waals surface area contributed by atoms with Crippen LogP contribution in [-0.4, -0.2) is 0 Å². The first kappa shape index (κ1) is 21.1. The molecule has 136 valence electrons. The summed E-state index contributed by atoms with van der Waals surface area (Å²) >= 11 is 0. The van der Waals surface area contributed by atoms with Crippen molar-refractivity contribution >= 4 is 47.8 Å². The van der Waals surface area contributed by atoms with Crippen LogP contribution in [-0.2, 0) is 0 Å². The van der Waals surface area contributed by atoms with Crippen molar-refractivity contribution in [2.24, 2.45) is 0 Å². The molecular formula is C24H28IP. The smallest absolute Gasteiger partial charge is 0.0134 e. The Labute approximate surface area is 176 Å². The Morgan fingerprint density at radius 2 is 0.577 bits per heavy atom. The van der Waals surface area contributed by atoms with E-state index in [1.807, 2.05) is 0 Å². The van der Waals surface area contributed by atoms with Gasteiger partial charge in [0.05, 0.1) is 0 Å². The van der Waals surface area contributed by atoms with E-state index in [-0.39, 0.29) is 24.0 Å². The first-order valence-corrected chi connectivity index (χ1v) is 10.2. The molecule has 0 N–H and O–H groups in total. The Bertz CT molecular complexity index is 744. The van der Waals surface area contributed by atoms with Crippen molar-refractivity contribution < 1.29 is 0 Å². The van der Waals surface area contributed by atoms with Gasteiger partial charge in [-0.2, -0.15) is 0 Å². The maximum atomic E-state index is 2.37. The third kappa shape index (κ3) is 4.96. The predicted octanol–water partition coefficient (Wildman–Crippen LogP) is 5.91. The molecular weight excluding hydrogens is 446 g/mol. The molecule has 0 radical (unpaired) electrons. The van der Waals surface area contributed by atoms with E-state index in [2.05, 4.69) is 96.1 Å². The number of hydrogen-bond donors (Lipinski definition) is 0. The minimum absolute atomic E-state index is 0. The minimum Gasteiger partial charge on any atom is -0.107 e. The molecule has 3 aromatic carbocycles. The molecule has 0 aliphatic carbocycles. The highest BCUT2D eigenvalue weighted by Crippen LogP contribution is 2.34. The van der Waals surface area contributed by atoms with Gasteiger partial charge >= 0.3 is 0 Å². The lowest BCUT2D eigenvalue weighted by molar-refractivity contribution is 1.39. The fraction of sp³-hybridized carbons (Fsp3) is 0.250. The zero-order chi connectivity index (χ0) is 18.1. The van der Waals surface area contributed by atoms with Crippen LogP contribution in [0.15, 0.2) is 54.6 Å². The van der Waals surface area contributed by atoms with Gasteiger partial charge in [-0.25, -0.2) is 0 Å². The highest BCUT2D eigenvalue weighted by atomic mass is 127. The molecule has 2 heteroatoms. The molecule has 0 spiro atoms. The summed E-state index contributed by atoms with van der Waals surface area (Å²) in [5, 5.41) is 4.34. The second kappa shape index (κ2) is 8.67. The average Bonchev–Trinajstić information content (AvgIpc) is 2.44. The van der Waals surface area contributed by atoms with E-state index >= 15 is 0 Å². The molecule has 0 saturated carbocycles. The molecule has 3 aromatic rings. The summed E-state index contributed by atoms with van der Waals surface area (Å²) in [6.45, 7) is 13.2. The number of hydrogen-bond acceptors (Lipinski definition) is 0. The van der Waals surface area contributed by atoms with Gasteiger partial charge in [-0.05, 0) is 65.4 Å². The third-order valence-electron chi connectivity index (χ3n) is 4.39. The van der Waals surface area contributed by atoms with Crippen LogP contribution in [0.5, 0.6) is 0 Å². The predicted molar refractivity (Wildman–Crippen MR) is 129 cm³/mol. The molecule has 0 aromatic heterocycles. The average molecular weight is 474 g/mol. The van der Waals surface area contributed by atoms with Crippen LogP contribution in [0, 0.1) is 41.5 Å². The molecule has 0 unspecified atom stereocenters. The molecule has 0 heterocycles. The lowest BCUT2D eigenvalue weighted by atomic mass is 10.1. The maximum absolute atomic E-state index is 2.37. The minimum atomic E-state index is -0.543. The lowest BCUT2D eigenvalue weighted by Crippen LogP contribution is -2.22. The van der Waals surface area contributed by atoms with Crippen LogP contribution >= 0.6 is 31.9 Å². The quantitative estimate of drug-likeness (QED) is 0.327. The van der Waals surface area contributed by atoms with Crippen molar-refractivity contribution in [1.82, 2.24) is 0 Å². The Hall–Kier alpha value is -1.18. The zero-order valence-corrected chi connectivity index (χ0v) is 19.8. The fourth-order valence-corrected chi connectivity index (χ4v) is 6.58. The second-order valence-corrected chi connectivity index (χ2v) is 9.59. The fourth-order valence-electron chi connectivity index (χ4n) is 3.69. The van der Waals surface area contributed by atoms with E-state index in [9.17, 15) is 0 Å². The van der Waals surface area contributed by atoms with Crippen molar-refractivity contribution in [2.45, 2.75) is 41.5 Å². The summed E-state index contributed by atoms with van der Waals surface area (Å²) < 4.78 is 0. The summed E-state index contributed by atoms with van der Waals surface area (Å²) in [6, 6.07) is 21.0. The number of halogens is 1. The SMILES string of the molecule is Cc1cc(C)cc(P(c2cc(C)cc(C)c2)c2cc(C)cc(C)c2)c1.I. The summed E-state index contributed by atoms with van der Waals surface area (Å²) in [5.74, 6) is 0. The van der Waals surface area contributed by atoms with Gasteiger partial charge in [-0.1, -0.05) is 88.0 Å². The van der Waals surface area contributed by atoms with Gasteiger partial charge in [0, 0.05) is 0 Å². The number of aryl methyl sites for hydroxylation is 6. The van der Waals surface area contributed by atoms with Crippen LogP contribution in [0.3, 0.4) is 0 Å². The molecule has 0 nitrogen and oxygen atoms in total. The molecule has 0 fully saturated rings. The summed E-state index contributed by atoms with van der Waals surface area (Å²) in [4.78, 5) is 0.